The van der Waals surface area contributed by atoms with Gasteiger partial charge in [0, 0.05) is 6.54 Å². The molecule has 0 saturated carbocycles. The summed E-state index contributed by atoms with van der Waals surface area (Å²) in [5.41, 5.74) is 2.36. The summed E-state index contributed by atoms with van der Waals surface area (Å²) in [6.07, 6.45) is 3.50. The lowest BCUT2D eigenvalue weighted by molar-refractivity contribution is 0.0602. The summed E-state index contributed by atoms with van der Waals surface area (Å²) in [5, 5.41) is 8.15. The van der Waals surface area contributed by atoms with Crippen LogP contribution in [0.25, 0.3) is 5.78 Å². The third-order valence-electron chi connectivity index (χ3n) is 5.02. The van der Waals surface area contributed by atoms with Crippen LogP contribution < -0.4 is 5.01 Å². The van der Waals surface area contributed by atoms with Crippen LogP contribution in [0.5, 0.6) is 0 Å². The highest BCUT2D eigenvalue weighted by atomic mass is 16.2. The quantitative estimate of drug-likeness (QED) is 0.713. The number of aromatic nitrogens is 4. The second-order valence-electron chi connectivity index (χ2n) is 7.29. The van der Waals surface area contributed by atoms with Crippen molar-refractivity contribution in [2.75, 3.05) is 11.6 Å². The summed E-state index contributed by atoms with van der Waals surface area (Å²) >= 11 is 0. The maximum atomic E-state index is 13.5. The fourth-order valence-electron chi connectivity index (χ4n) is 3.64. The minimum atomic E-state index is -0.0987. The lowest BCUT2D eigenvalue weighted by Crippen LogP contribution is -2.55. The summed E-state index contributed by atoms with van der Waals surface area (Å²) in [6, 6.07) is 12.0. The van der Waals surface area contributed by atoms with Gasteiger partial charge < -0.3 is 0 Å². The molecule has 7 heteroatoms. The maximum absolute atomic E-state index is 13.5. The molecular weight excluding hydrogens is 340 g/mol. The molecule has 1 aromatic carbocycles. The molecule has 3 heterocycles. The van der Waals surface area contributed by atoms with Crippen molar-refractivity contribution in [3.63, 3.8) is 0 Å². The van der Waals surface area contributed by atoms with Gasteiger partial charge in [0.25, 0.3) is 11.7 Å². The highest BCUT2D eigenvalue weighted by Crippen LogP contribution is 2.27. The molecule has 3 aromatic rings. The van der Waals surface area contributed by atoms with Crippen molar-refractivity contribution in [2.24, 2.45) is 0 Å². The van der Waals surface area contributed by atoms with Gasteiger partial charge in [-0.25, -0.2) is 14.5 Å². The number of carbonyl (C=O) groups excluding carboxylic acids is 1. The van der Waals surface area contributed by atoms with Crippen LogP contribution in [0.4, 0.5) is 5.69 Å². The van der Waals surface area contributed by atoms with E-state index >= 15 is 0 Å². The Morgan fingerprint density at radius 3 is 2.74 bits per heavy atom. The molecule has 1 fully saturated rings. The second kappa shape index (κ2) is 6.98. The molecule has 27 heavy (non-hydrogen) atoms. The molecular formula is C20H24N6O. The van der Waals surface area contributed by atoms with E-state index < -0.39 is 0 Å². The average Bonchev–Trinajstić information content (AvgIpc) is 3.15. The van der Waals surface area contributed by atoms with E-state index in [1.807, 2.05) is 41.4 Å². The predicted molar refractivity (Wildman–Crippen MR) is 104 cm³/mol. The van der Waals surface area contributed by atoms with Crippen molar-refractivity contribution in [3.05, 3.63) is 54.1 Å². The molecule has 4 rings (SSSR count). The van der Waals surface area contributed by atoms with E-state index in [-0.39, 0.29) is 17.9 Å². The van der Waals surface area contributed by atoms with Crippen LogP contribution in [0, 0.1) is 0 Å². The lowest BCUT2D eigenvalue weighted by atomic mass is 10.1. The number of nitrogens with zero attached hydrogens (tertiary/aromatic N) is 6. The molecule has 1 unspecified atom stereocenters. The topological polar surface area (TPSA) is 66.6 Å². The Labute approximate surface area is 158 Å². The summed E-state index contributed by atoms with van der Waals surface area (Å²) < 4.78 is 1.70. The van der Waals surface area contributed by atoms with E-state index in [2.05, 4.69) is 40.8 Å². The first-order valence-corrected chi connectivity index (χ1v) is 9.43. The van der Waals surface area contributed by atoms with E-state index in [0.717, 1.165) is 30.8 Å². The SMILES string of the molecule is CC(C)c1cc(C(=O)N2C(C)CCCN2c2ccccc2)nc2ncnn12. The van der Waals surface area contributed by atoms with Crippen LogP contribution in [-0.2, 0) is 0 Å². The van der Waals surface area contributed by atoms with Gasteiger partial charge in [0.15, 0.2) is 0 Å². The smallest absolute Gasteiger partial charge is 0.282 e. The number of hydrogen-bond donors (Lipinski definition) is 0. The van der Waals surface area contributed by atoms with Crippen molar-refractivity contribution in [3.8, 4) is 0 Å². The number of carbonyl (C=O) groups is 1. The first-order chi connectivity index (χ1) is 13.1. The first-order valence-electron chi connectivity index (χ1n) is 9.43. The fraction of sp³-hybridized carbons (Fsp3) is 0.400. The monoisotopic (exact) mass is 364 g/mol. The van der Waals surface area contributed by atoms with Gasteiger partial charge in [0.1, 0.15) is 12.0 Å². The number of amides is 1. The Balaban J connectivity index is 1.76. The van der Waals surface area contributed by atoms with Gasteiger partial charge >= 0.3 is 0 Å². The molecule has 0 bridgehead atoms. The Kier molecular flexibility index (Phi) is 4.51. The molecule has 1 atom stereocenters. The predicted octanol–water partition coefficient (Wildman–Crippen LogP) is 3.29. The molecule has 0 radical (unpaired) electrons. The number of fused-ring (bicyclic) bond motifs is 1. The Morgan fingerprint density at radius 1 is 1.22 bits per heavy atom. The zero-order valence-electron chi connectivity index (χ0n) is 15.9. The van der Waals surface area contributed by atoms with Crippen molar-refractivity contribution in [2.45, 2.75) is 45.6 Å². The van der Waals surface area contributed by atoms with E-state index in [9.17, 15) is 4.79 Å². The third-order valence-corrected chi connectivity index (χ3v) is 5.02. The zero-order chi connectivity index (χ0) is 19.0. The van der Waals surface area contributed by atoms with Gasteiger partial charge in [0.05, 0.1) is 17.4 Å². The second-order valence-corrected chi connectivity index (χ2v) is 7.29. The number of rotatable bonds is 3. The van der Waals surface area contributed by atoms with Crippen LogP contribution in [0.1, 0.15) is 55.7 Å². The average molecular weight is 364 g/mol. The van der Waals surface area contributed by atoms with Crippen molar-refractivity contribution < 1.29 is 4.79 Å². The molecule has 140 valence electrons. The van der Waals surface area contributed by atoms with E-state index in [4.69, 9.17) is 0 Å². The molecule has 0 spiro atoms. The highest BCUT2D eigenvalue weighted by molar-refractivity contribution is 5.94. The van der Waals surface area contributed by atoms with Crippen LogP contribution in [-0.4, -0.2) is 43.1 Å². The fourth-order valence-corrected chi connectivity index (χ4v) is 3.64. The summed E-state index contributed by atoms with van der Waals surface area (Å²) in [7, 11) is 0. The normalized spacial score (nSPS) is 17.7. The molecule has 2 aromatic heterocycles. The van der Waals surface area contributed by atoms with E-state index in [1.54, 1.807) is 4.52 Å². The van der Waals surface area contributed by atoms with Crippen molar-refractivity contribution in [1.82, 2.24) is 24.6 Å². The van der Waals surface area contributed by atoms with Crippen molar-refractivity contribution in [1.29, 1.82) is 0 Å². The Hall–Kier alpha value is -2.96. The molecule has 1 aliphatic rings. The number of anilines is 1. The minimum Gasteiger partial charge on any atom is -0.282 e. The number of para-hydroxylation sites is 1. The standard InChI is InChI=1S/C20H24N6O/c1-14(2)18-12-17(23-20-21-13-22-25(18)20)19(27)26-15(3)8-7-11-24(26)16-9-5-4-6-10-16/h4-6,9-10,12-15H,7-8,11H2,1-3H3. The van der Waals surface area contributed by atoms with Gasteiger partial charge in [-0.2, -0.15) is 10.1 Å². The summed E-state index contributed by atoms with van der Waals surface area (Å²) in [6.45, 7) is 7.05. The third kappa shape index (κ3) is 3.13. The van der Waals surface area contributed by atoms with Gasteiger partial charge in [-0.1, -0.05) is 32.0 Å². The lowest BCUT2D eigenvalue weighted by Gasteiger charge is -2.44. The highest BCUT2D eigenvalue weighted by Gasteiger charge is 2.32. The van der Waals surface area contributed by atoms with Crippen LogP contribution >= 0.6 is 0 Å². The van der Waals surface area contributed by atoms with Gasteiger partial charge in [-0.05, 0) is 43.9 Å². The zero-order valence-corrected chi connectivity index (χ0v) is 15.9. The van der Waals surface area contributed by atoms with E-state index in [1.165, 1.54) is 6.33 Å². The minimum absolute atomic E-state index is 0.0987. The van der Waals surface area contributed by atoms with Gasteiger partial charge in [-0.15, -0.1) is 0 Å². The Morgan fingerprint density at radius 2 is 2.00 bits per heavy atom. The largest absolute Gasteiger partial charge is 0.291 e. The van der Waals surface area contributed by atoms with Crippen LogP contribution in [0.2, 0.25) is 0 Å². The molecule has 0 N–H and O–H groups in total. The molecule has 1 aliphatic heterocycles. The van der Waals surface area contributed by atoms with Crippen molar-refractivity contribution >= 4 is 17.4 Å². The number of benzene rings is 1. The Bertz CT molecular complexity index is 952. The number of hydrazine groups is 1. The first kappa shape index (κ1) is 17.5. The molecule has 1 saturated heterocycles. The molecule has 0 aliphatic carbocycles. The number of hydrogen-bond acceptors (Lipinski definition) is 5. The van der Waals surface area contributed by atoms with Gasteiger partial charge in [-0.3, -0.25) is 9.80 Å². The maximum Gasteiger partial charge on any atom is 0.291 e. The molecule has 7 nitrogen and oxygen atoms in total. The molecule has 1 amide bonds. The summed E-state index contributed by atoms with van der Waals surface area (Å²) in [5.74, 6) is 0.562. The summed E-state index contributed by atoms with van der Waals surface area (Å²) in [4.78, 5) is 22.2. The van der Waals surface area contributed by atoms with Crippen LogP contribution in [0.15, 0.2) is 42.7 Å². The van der Waals surface area contributed by atoms with E-state index in [0.29, 0.717) is 11.5 Å². The van der Waals surface area contributed by atoms with Crippen LogP contribution in [0.3, 0.4) is 0 Å². The van der Waals surface area contributed by atoms with Gasteiger partial charge in [0.2, 0.25) is 0 Å².